The van der Waals surface area contributed by atoms with Crippen molar-refractivity contribution in [3.05, 3.63) is 16.1 Å². The monoisotopic (exact) mass is 377 g/mol. The maximum absolute atomic E-state index is 12.5. The summed E-state index contributed by atoms with van der Waals surface area (Å²) < 4.78 is 0. The van der Waals surface area contributed by atoms with Crippen molar-refractivity contribution in [1.29, 1.82) is 0 Å². The second-order valence-corrected chi connectivity index (χ2v) is 9.83. The topological polar surface area (TPSA) is 62.3 Å². The number of nitrogens with one attached hydrogen (secondary N) is 1. The van der Waals surface area contributed by atoms with Gasteiger partial charge in [-0.2, -0.15) is 0 Å². The van der Waals surface area contributed by atoms with Gasteiger partial charge in [0.25, 0.3) is 0 Å². The maximum atomic E-state index is 12.5. The summed E-state index contributed by atoms with van der Waals surface area (Å²) in [5, 5.41) is 6.16. The molecule has 144 valence electrons. The van der Waals surface area contributed by atoms with Crippen LogP contribution in [0.2, 0.25) is 0 Å². The van der Waals surface area contributed by atoms with Crippen LogP contribution in [-0.2, 0) is 16.1 Å². The third kappa shape index (κ3) is 5.06. The molecule has 1 aliphatic carbocycles. The summed E-state index contributed by atoms with van der Waals surface area (Å²) in [5.41, 5.74) is 0.965. The number of thiazole rings is 1. The summed E-state index contributed by atoms with van der Waals surface area (Å²) in [6.45, 7) is 8.48. The minimum Gasteiger partial charge on any atom is -0.350 e. The van der Waals surface area contributed by atoms with Crippen molar-refractivity contribution in [3.8, 4) is 0 Å². The van der Waals surface area contributed by atoms with Gasteiger partial charge in [0.05, 0.1) is 17.2 Å². The highest BCUT2D eigenvalue weighted by Gasteiger charge is 2.29. The zero-order valence-electron chi connectivity index (χ0n) is 16.2. The van der Waals surface area contributed by atoms with Crippen molar-refractivity contribution in [2.45, 2.75) is 71.8 Å². The highest BCUT2D eigenvalue weighted by molar-refractivity contribution is 7.09. The molecule has 1 unspecified atom stereocenters. The maximum Gasteiger partial charge on any atom is 0.223 e. The fourth-order valence-electron chi connectivity index (χ4n) is 3.55. The van der Waals surface area contributed by atoms with E-state index in [4.69, 9.17) is 4.98 Å². The van der Waals surface area contributed by atoms with Crippen molar-refractivity contribution in [3.63, 3.8) is 0 Å². The number of aromatic nitrogens is 1. The van der Waals surface area contributed by atoms with Crippen LogP contribution < -0.4 is 5.32 Å². The standard InChI is InChI=1S/C20H31N3O2S/c1-20(2,3)10-17(24)23-9-5-8-15(12-23)19-22-16(13-26-19)11-21-18(25)14-6-4-7-14/h13-15H,4-12H2,1-3H3,(H,21,25). The predicted octanol–water partition coefficient (Wildman–Crippen LogP) is 3.70. The van der Waals surface area contributed by atoms with Gasteiger partial charge in [-0.25, -0.2) is 4.98 Å². The molecule has 3 rings (SSSR count). The number of nitrogens with zero attached hydrogens (tertiary/aromatic N) is 2. The lowest BCUT2D eigenvalue weighted by Crippen LogP contribution is -2.40. The summed E-state index contributed by atoms with van der Waals surface area (Å²) in [4.78, 5) is 31.2. The zero-order chi connectivity index (χ0) is 18.7. The lowest BCUT2D eigenvalue weighted by atomic mass is 9.85. The Hall–Kier alpha value is -1.43. The normalized spacial score (nSPS) is 21.3. The van der Waals surface area contributed by atoms with Crippen LogP contribution in [0.15, 0.2) is 5.38 Å². The fraction of sp³-hybridized carbons (Fsp3) is 0.750. The Morgan fingerprint density at radius 2 is 2.04 bits per heavy atom. The van der Waals surface area contributed by atoms with Crippen LogP contribution in [0.5, 0.6) is 0 Å². The highest BCUT2D eigenvalue weighted by atomic mass is 32.1. The van der Waals surface area contributed by atoms with Gasteiger partial charge in [-0.05, 0) is 31.1 Å². The Bertz CT molecular complexity index is 646. The lowest BCUT2D eigenvalue weighted by molar-refractivity contribution is -0.134. The van der Waals surface area contributed by atoms with E-state index in [1.54, 1.807) is 11.3 Å². The van der Waals surface area contributed by atoms with Crippen molar-refractivity contribution in [2.24, 2.45) is 11.3 Å². The minimum absolute atomic E-state index is 0.0248. The van der Waals surface area contributed by atoms with Crippen LogP contribution in [-0.4, -0.2) is 34.8 Å². The SMILES string of the molecule is CC(C)(C)CC(=O)N1CCCC(c2nc(CNC(=O)C3CCC3)cs2)C1. The number of piperidine rings is 1. The van der Waals surface area contributed by atoms with Crippen molar-refractivity contribution in [2.75, 3.05) is 13.1 Å². The highest BCUT2D eigenvalue weighted by Crippen LogP contribution is 2.31. The van der Waals surface area contributed by atoms with Gasteiger partial charge in [-0.3, -0.25) is 9.59 Å². The molecule has 5 nitrogen and oxygen atoms in total. The summed E-state index contributed by atoms with van der Waals surface area (Å²) in [6.07, 6.45) is 5.93. The fourth-order valence-corrected chi connectivity index (χ4v) is 4.50. The summed E-state index contributed by atoms with van der Waals surface area (Å²) in [5.74, 6) is 0.969. The van der Waals surface area contributed by atoms with E-state index in [-0.39, 0.29) is 23.1 Å². The molecule has 6 heteroatoms. The molecule has 1 saturated carbocycles. The van der Waals surface area contributed by atoms with Crippen molar-refractivity contribution in [1.82, 2.24) is 15.2 Å². The minimum atomic E-state index is 0.0248. The Labute approximate surface area is 160 Å². The molecule has 0 aromatic carbocycles. The van der Waals surface area contributed by atoms with Crippen LogP contribution >= 0.6 is 11.3 Å². The number of hydrogen-bond donors (Lipinski definition) is 1. The van der Waals surface area contributed by atoms with Crippen LogP contribution in [0.3, 0.4) is 0 Å². The molecule has 2 heterocycles. The Morgan fingerprint density at radius 1 is 1.27 bits per heavy atom. The first kappa shape index (κ1) is 19.3. The molecule has 0 radical (unpaired) electrons. The van der Waals surface area contributed by atoms with Crippen LogP contribution in [0.1, 0.15) is 75.9 Å². The van der Waals surface area contributed by atoms with Gasteiger partial charge >= 0.3 is 0 Å². The Kier molecular flexibility index (Phi) is 6.00. The van der Waals surface area contributed by atoms with Crippen LogP contribution in [0, 0.1) is 11.3 Å². The van der Waals surface area contributed by atoms with Gasteiger partial charge in [-0.1, -0.05) is 27.2 Å². The van der Waals surface area contributed by atoms with Gasteiger partial charge in [0.2, 0.25) is 11.8 Å². The number of hydrogen-bond acceptors (Lipinski definition) is 4. The average Bonchev–Trinajstić information content (AvgIpc) is 2.99. The molecule has 1 saturated heterocycles. The molecule has 1 N–H and O–H groups in total. The van der Waals surface area contributed by atoms with E-state index in [0.717, 1.165) is 49.5 Å². The van der Waals surface area contributed by atoms with Crippen molar-refractivity contribution < 1.29 is 9.59 Å². The molecule has 26 heavy (non-hydrogen) atoms. The first-order valence-electron chi connectivity index (χ1n) is 9.81. The number of carbonyl (C=O) groups excluding carboxylic acids is 2. The van der Waals surface area contributed by atoms with Gasteiger partial charge in [-0.15, -0.1) is 11.3 Å². The van der Waals surface area contributed by atoms with E-state index in [1.165, 1.54) is 6.42 Å². The zero-order valence-corrected chi connectivity index (χ0v) is 17.0. The quantitative estimate of drug-likeness (QED) is 0.851. The largest absolute Gasteiger partial charge is 0.350 e. The molecule has 0 spiro atoms. The van der Waals surface area contributed by atoms with E-state index in [9.17, 15) is 9.59 Å². The number of amides is 2. The van der Waals surface area contributed by atoms with E-state index >= 15 is 0 Å². The molecule has 1 atom stereocenters. The lowest BCUT2D eigenvalue weighted by Gasteiger charge is -2.33. The first-order chi connectivity index (χ1) is 12.3. The van der Waals surface area contributed by atoms with Crippen molar-refractivity contribution >= 4 is 23.2 Å². The molecular formula is C20H31N3O2S. The smallest absolute Gasteiger partial charge is 0.223 e. The van der Waals surface area contributed by atoms with E-state index in [0.29, 0.717) is 18.9 Å². The molecule has 1 aliphatic heterocycles. The second kappa shape index (κ2) is 8.07. The third-order valence-corrected chi connectivity index (χ3v) is 6.35. The predicted molar refractivity (Wildman–Crippen MR) is 104 cm³/mol. The molecule has 1 aromatic rings. The van der Waals surface area contributed by atoms with E-state index < -0.39 is 0 Å². The Morgan fingerprint density at radius 3 is 2.69 bits per heavy atom. The summed E-state index contributed by atoms with van der Waals surface area (Å²) in [7, 11) is 0. The first-order valence-corrected chi connectivity index (χ1v) is 10.7. The number of likely N-dealkylation sites (tertiary alicyclic amines) is 1. The van der Waals surface area contributed by atoms with Gasteiger partial charge < -0.3 is 10.2 Å². The van der Waals surface area contributed by atoms with Gasteiger partial charge in [0.1, 0.15) is 0 Å². The van der Waals surface area contributed by atoms with Gasteiger partial charge in [0, 0.05) is 36.7 Å². The summed E-state index contributed by atoms with van der Waals surface area (Å²) >= 11 is 1.66. The summed E-state index contributed by atoms with van der Waals surface area (Å²) in [6, 6.07) is 0. The van der Waals surface area contributed by atoms with Crippen LogP contribution in [0.4, 0.5) is 0 Å². The molecule has 0 bridgehead atoms. The van der Waals surface area contributed by atoms with Gasteiger partial charge in [0.15, 0.2) is 0 Å². The number of carbonyl (C=O) groups is 2. The van der Waals surface area contributed by atoms with E-state index in [1.807, 2.05) is 10.3 Å². The molecule has 1 aromatic heterocycles. The second-order valence-electron chi connectivity index (χ2n) is 8.94. The molecular weight excluding hydrogens is 346 g/mol. The van der Waals surface area contributed by atoms with E-state index in [2.05, 4.69) is 26.1 Å². The Balaban J connectivity index is 1.53. The molecule has 2 aliphatic rings. The van der Waals surface area contributed by atoms with Crippen LogP contribution in [0.25, 0.3) is 0 Å². The number of rotatable bonds is 5. The molecule has 2 fully saturated rings. The third-order valence-electron chi connectivity index (χ3n) is 5.29. The average molecular weight is 378 g/mol. The molecule has 2 amide bonds.